The highest BCUT2D eigenvalue weighted by Gasteiger charge is 2.31. The molecule has 3 N–H and O–H groups in total. The molecule has 0 amide bonds. The van der Waals surface area contributed by atoms with E-state index < -0.39 is 32.1 Å². The summed E-state index contributed by atoms with van der Waals surface area (Å²) in [5.41, 5.74) is 4.81. The molecule has 1 aromatic rings. The Balaban J connectivity index is 2.30. The van der Waals surface area contributed by atoms with Crippen molar-refractivity contribution >= 4 is 10.0 Å². The maximum atomic E-state index is 13.9. The van der Waals surface area contributed by atoms with Gasteiger partial charge in [0.05, 0.1) is 0 Å². The Hall–Kier alpha value is -1.05. The lowest BCUT2D eigenvalue weighted by atomic mass is 9.83. The SMILES string of the molecule is CC1CC(NS(=O)(=O)c2ccc(F)c(CN)c2F)C1. The Morgan fingerprint density at radius 3 is 2.53 bits per heavy atom. The molecule has 1 saturated carbocycles. The van der Waals surface area contributed by atoms with Crippen molar-refractivity contribution in [2.45, 2.75) is 37.2 Å². The molecule has 0 unspecified atom stereocenters. The van der Waals surface area contributed by atoms with Gasteiger partial charge in [0, 0.05) is 18.2 Å². The van der Waals surface area contributed by atoms with E-state index >= 15 is 0 Å². The third kappa shape index (κ3) is 2.77. The summed E-state index contributed by atoms with van der Waals surface area (Å²) in [5, 5.41) is 0. The quantitative estimate of drug-likeness (QED) is 0.882. The summed E-state index contributed by atoms with van der Waals surface area (Å²) >= 11 is 0. The van der Waals surface area contributed by atoms with Gasteiger partial charge in [0.2, 0.25) is 10.0 Å². The first-order chi connectivity index (χ1) is 8.85. The Morgan fingerprint density at radius 2 is 2.00 bits per heavy atom. The normalized spacial score (nSPS) is 23.2. The highest BCUT2D eigenvalue weighted by molar-refractivity contribution is 7.89. The average molecular weight is 290 g/mol. The molecule has 4 nitrogen and oxygen atoms in total. The van der Waals surface area contributed by atoms with Gasteiger partial charge in [-0.2, -0.15) is 0 Å². The molecule has 0 heterocycles. The van der Waals surface area contributed by atoms with Crippen LogP contribution in [0.4, 0.5) is 8.78 Å². The minimum Gasteiger partial charge on any atom is -0.326 e. The minimum absolute atomic E-state index is 0.175. The molecule has 1 fully saturated rings. The zero-order valence-electron chi connectivity index (χ0n) is 10.5. The Kier molecular flexibility index (Phi) is 3.89. The second kappa shape index (κ2) is 5.15. The van der Waals surface area contributed by atoms with Crippen molar-refractivity contribution in [1.82, 2.24) is 4.72 Å². The Labute approximate surface area is 111 Å². The number of sulfonamides is 1. The van der Waals surface area contributed by atoms with E-state index in [-0.39, 0.29) is 12.6 Å². The molecule has 0 aliphatic heterocycles. The summed E-state index contributed by atoms with van der Waals surface area (Å²) in [6.45, 7) is 1.62. The van der Waals surface area contributed by atoms with Crippen molar-refractivity contribution in [2.24, 2.45) is 11.7 Å². The van der Waals surface area contributed by atoms with Crippen LogP contribution in [-0.4, -0.2) is 14.5 Å². The molecule has 0 aromatic heterocycles. The molecule has 1 aliphatic carbocycles. The molecular weight excluding hydrogens is 274 g/mol. The number of hydrogen-bond donors (Lipinski definition) is 2. The van der Waals surface area contributed by atoms with Crippen LogP contribution < -0.4 is 10.5 Å². The van der Waals surface area contributed by atoms with Gasteiger partial charge in [-0.15, -0.1) is 0 Å². The van der Waals surface area contributed by atoms with Crippen LogP contribution in [-0.2, 0) is 16.6 Å². The molecule has 0 radical (unpaired) electrons. The number of benzene rings is 1. The van der Waals surface area contributed by atoms with Gasteiger partial charge in [-0.05, 0) is 30.9 Å². The van der Waals surface area contributed by atoms with Crippen molar-refractivity contribution in [2.75, 3.05) is 0 Å². The molecule has 0 atom stereocenters. The van der Waals surface area contributed by atoms with Crippen LogP contribution in [0, 0.1) is 17.6 Å². The summed E-state index contributed by atoms with van der Waals surface area (Å²) in [4.78, 5) is -0.547. The summed E-state index contributed by atoms with van der Waals surface area (Å²) in [5.74, 6) is -1.48. The van der Waals surface area contributed by atoms with E-state index in [9.17, 15) is 17.2 Å². The van der Waals surface area contributed by atoms with Crippen molar-refractivity contribution in [3.63, 3.8) is 0 Å². The molecule has 106 valence electrons. The fraction of sp³-hybridized carbons (Fsp3) is 0.500. The van der Waals surface area contributed by atoms with E-state index in [1.54, 1.807) is 0 Å². The largest absolute Gasteiger partial charge is 0.326 e. The van der Waals surface area contributed by atoms with E-state index in [4.69, 9.17) is 5.73 Å². The number of halogens is 2. The molecule has 0 spiro atoms. The van der Waals surface area contributed by atoms with Crippen molar-refractivity contribution < 1.29 is 17.2 Å². The lowest BCUT2D eigenvalue weighted by Crippen LogP contribution is -2.43. The fourth-order valence-corrected chi connectivity index (χ4v) is 3.62. The van der Waals surface area contributed by atoms with Crippen molar-refractivity contribution in [3.05, 3.63) is 29.3 Å². The predicted octanol–water partition coefficient (Wildman–Crippen LogP) is 1.50. The van der Waals surface area contributed by atoms with Gasteiger partial charge in [-0.1, -0.05) is 6.92 Å². The maximum Gasteiger partial charge on any atom is 0.243 e. The van der Waals surface area contributed by atoms with Crippen molar-refractivity contribution in [1.29, 1.82) is 0 Å². The van der Waals surface area contributed by atoms with Gasteiger partial charge in [-0.25, -0.2) is 21.9 Å². The summed E-state index contributed by atoms with van der Waals surface area (Å²) in [6.07, 6.45) is 1.46. The van der Waals surface area contributed by atoms with E-state index in [0.29, 0.717) is 5.92 Å². The third-order valence-electron chi connectivity index (χ3n) is 3.34. The zero-order valence-corrected chi connectivity index (χ0v) is 11.3. The van der Waals surface area contributed by atoms with Gasteiger partial charge in [0.25, 0.3) is 0 Å². The van der Waals surface area contributed by atoms with Crippen molar-refractivity contribution in [3.8, 4) is 0 Å². The van der Waals surface area contributed by atoms with Gasteiger partial charge < -0.3 is 5.73 Å². The second-order valence-electron chi connectivity index (χ2n) is 4.94. The first-order valence-electron chi connectivity index (χ1n) is 6.04. The highest BCUT2D eigenvalue weighted by Crippen LogP contribution is 2.28. The number of rotatable bonds is 4. The first kappa shape index (κ1) is 14.4. The topological polar surface area (TPSA) is 72.2 Å². The van der Waals surface area contributed by atoms with Crippen LogP contribution in [0.3, 0.4) is 0 Å². The van der Waals surface area contributed by atoms with Crippen LogP contribution in [0.5, 0.6) is 0 Å². The smallest absolute Gasteiger partial charge is 0.243 e. The molecule has 0 bridgehead atoms. The van der Waals surface area contributed by atoms with Gasteiger partial charge in [-0.3, -0.25) is 0 Å². The highest BCUT2D eigenvalue weighted by atomic mass is 32.2. The maximum absolute atomic E-state index is 13.9. The Morgan fingerprint density at radius 1 is 1.37 bits per heavy atom. The van der Waals surface area contributed by atoms with Gasteiger partial charge in [0.15, 0.2) is 5.82 Å². The fourth-order valence-electron chi connectivity index (χ4n) is 2.25. The first-order valence-corrected chi connectivity index (χ1v) is 7.52. The Bertz CT molecular complexity index is 584. The van der Waals surface area contributed by atoms with Crippen LogP contribution in [0.25, 0.3) is 0 Å². The lowest BCUT2D eigenvalue weighted by molar-refractivity contribution is 0.270. The van der Waals surface area contributed by atoms with Crippen LogP contribution >= 0.6 is 0 Å². The van der Waals surface area contributed by atoms with Gasteiger partial charge in [0.1, 0.15) is 10.7 Å². The number of nitrogens with one attached hydrogen (secondary N) is 1. The van der Waals surface area contributed by atoms with Crippen LogP contribution in [0.15, 0.2) is 17.0 Å². The molecule has 1 aromatic carbocycles. The van der Waals surface area contributed by atoms with E-state index in [1.807, 2.05) is 6.92 Å². The molecule has 7 heteroatoms. The molecule has 2 rings (SSSR count). The standard InChI is InChI=1S/C12H16F2N2O2S/c1-7-4-8(5-7)16-19(17,18)11-3-2-10(13)9(6-15)12(11)14/h2-3,7-8,16H,4-6,15H2,1H3. The van der Waals surface area contributed by atoms with E-state index in [2.05, 4.69) is 4.72 Å². The average Bonchev–Trinajstić information content (AvgIpc) is 2.26. The van der Waals surface area contributed by atoms with E-state index in [0.717, 1.165) is 25.0 Å². The predicted molar refractivity (Wildman–Crippen MR) is 66.8 cm³/mol. The lowest BCUT2D eigenvalue weighted by Gasteiger charge is -2.32. The monoisotopic (exact) mass is 290 g/mol. The summed E-state index contributed by atoms with van der Waals surface area (Å²) < 4.78 is 53.7. The summed E-state index contributed by atoms with van der Waals surface area (Å²) in [7, 11) is -3.97. The second-order valence-corrected chi connectivity index (χ2v) is 6.62. The van der Waals surface area contributed by atoms with E-state index in [1.165, 1.54) is 0 Å². The number of nitrogens with two attached hydrogens (primary N) is 1. The summed E-state index contributed by atoms with van der Waals surface area (Å²) in [6, 6.07) is 1.67. The number of hydrogen-bond acceptors (Lipinski definition) is 3. The molecule has 1 aliphatic rings. The molecule has 19 heavy (non-hydrogen) atoms. The van der Waals surface area contributed by atoms with Crippen LogP contribution in [0.1, 0.15) is 25.3 Å². The van der Waals surface area contributed by atoms with Crippen LogP contribution in [0.2, 0.25) is 0 Å². The van der Waals surface area contributed by atoms with Gasteiger partial charge >= 0.3 is 0 Å². The molecular formula is C12H16F2N2O2S. The zero-order chi connectivity index (χ0) is 14.2. The molecule has 0 saturated heterocycles. The third-order valence-corrected chi connectivity index (χ3v) is 4.88. The minimum atomic E-state index is -3.97.